The number of hydrogen-bond acceptors (Lipinski definition) is 5. The fourth-order valence-corrected chi connectivity index (χ4v) is 3.80. The Morgan fingerprint density at radius 2 is 1.84 bits per heavy atom. The van der Waals surface area contributed by atoms with E-state index in [1.807, 2.05) is 30.3 Å². The van der Waals surface area contributed by atoms with E-state index in [0.29, 0.717) is 18.7 Å². The summed E-state index contributed by atoms with van der Waals surface area (Å²) in [5.74, 6) is -2.37. The fraction of sp³-hybridized carbons (Fsp3) is 0.304. The zero-order chi connectivity index (χ0) is 23.1. The number of nitrogens with zero attached hydrogens (tertiary/aromatic N) is 1. The average molecular weight is 439 g/mol. The third kappa shape index (κ3) is 5.42. The molecule has 9 heteroatoms. The molecule has 1 fully saturated rings. The first-order valence-corrected chi connectivity index (χ1v) is 10.3. The van der Waals surface area contributed by atoms with Gasteiger partial charge in [0, 0.05) is 18.2 Å². The highest BCUT2D eigenvalue weighted by Gasteiger charge is 2.42. The lowest BCUT2D eigenvalue weighted by molar-refractivity contribution is -0.148. The predicted molar refractivity (Wildman–Crippen MR) is 116 cm³/mol. The van der Waals surface area contributed by atoms with E-state index in [4.69, 9.17) is 4.74 Å². The quantitative estimate of drug-likeness (QED) is 0.569. The second-order valence-corrected chi connectivity index (χ2v) is 7.29. The van der Waals surface area contributed by atoms with Crippen molar-refractivity contribution in [3.8, 4) is 0 Å². The van der Waals surface area contributed by atoms with Crippen molar-refractivity contribution < 1.29 is 29.0 Å². The number of carbonyl (C=O) groups is 4. The lowest BCUT2D eigenvalue weighted by Gasteiger charge is -2.25. The first-order chi connectivity index (χ1) is 15.4. The molecule has 9 nitrogen and oxygen atoms in total. The maximum atomic E-state index is 12.7. The highest BCUT2D eigenvalue weighted by Crippen LogP contribution is 2.33. The van der Waals surface area contributed by atoms with Crippen LogP contribution in [0, 0.1) is 0 Å². The lowest BCUT2D eigenvalue weighted by Crippen LogP contribution is -2.47. The number of benzene rings is 2. The van der Waals surface area contributed by atoms with Gasteiger partial charge >= 0.3 is 18.0 Å². The second-order valence-electron chi connectivity index (χ2n) is 7.29. The number of anilines is 1. The van der Waals surface area contributed by atoms with Crippen molar-refractivity contribution in [2.75, 3.05) is 25.0 Å². The number of rotatable bonds is 7. The summed E-state index contributed by atoms with van der Waals surface area (Å²) in [5.41, 5.74) is 1.51. The maximum absolute atomic E-state index is 12.7. The van der Waals surface area contributed by atoms with Crippen molar-refractivity contribution in [2.24, 2.45) is 0 Å². The van der Waals surface area contributed by atoms with Gasteiger partial charge in [-0.15, -0.1) is 0 Å². The molecule has 1 heterocycles. The summed E-state index contributed by atoms with van der Waals surface area (Å²) < 4.78 is 4.93. The van der Waals surface area contributed by atoms with Crippen LogP contribution < -0.4 is 10.6 Å². The van der Waals surface area contributed by atoms with Crippen LogP contribution in [0.4, 0.5) is 10.5 Å². The molecule has 2 atom stereocenters. The van der Waals surface area contributed by atoms with Gasteiger partial charge in [0.1, 0.15) is 6.04 Å². The van der Waals surface area contributed by atoms with E-state index < -0.39 is 29.9 Å². The van der Waals surface area contributed by atoms with Crippen molar-refractivity contribution in [2.45, 2.75) is 25.3 Å². The lowest BCUT2D eigenvalue weighted by atomic mass is 9.92. The molecule has 3 N–H and O–H groups in total. The van der Waals surface area contributed by atoms with E-state index in [1.165, 1.54) is 11.0 Å². The van der Waals surface area contributed by atoms with Gasteiger partial charge in [-0.1, -0.05) is 36.4 Å². The Morgan fingerprint density at radius 1 is 1.09 bits per heavy atom. The van der Waals surface area contributed by atoms with Crippen molar-refractivity contribution in [3.63, 3.8) is 0 Å². The zero-order valence-corrected chi connectivity index (χ0v) is 17.6. The van der Waals surface area contributed by atoms with E-state index in [2.05, 4.69) is 10.6 Å². The normalized spacial score (nSPS) is 17.5. The maximum Gasteiger partial charge on any atom is 0.338 e. The molecule has 0 saturated carbocycles. The van der Waals surface area contributed by atoms with Gasteiger partial charge in [-0.25, -0.2) is 14.4 Å². The minimum absolute atomic E-state index is 0.234. The minimum atomic E-state index is -1.08. The number of carboxylic acids is 1. The summed E-state index contributed by atoms with van der Waals surface area (Å²) in [6, 6.07) is 13.8. The largest absolute Gasteiger partial charge is 0.480 e. The smallest absolute Gasteiger partial charge is 0.338 e. The van der Waals surface area contributed by atoms with Gasteiger partial charge in [0.15, 0.2) is 0 Å². The van der Waals surface area contributed by atoms with Crippen LogP contribution in [0.5, 0.6) is 0 Å². The molecule has 3 amide bonds. The number of esters is 1. The van der Waals surface area contributed by atoms with Gasteiger partial charge in [0.25, 0.3) is 0 Å². The Bertz CT molecular complexity index is 994. The monoisotopic (exact) mass is 439 g/mol. The molecule has 0 radical (unpaired) electrons. The van der Waals surface area contributed by atoms with Crippen LogP contribution in [0.15, 0.2) is 54.6 Å². The Hall–Kier alpha value is -3.88. The summed E-state index contributed by atoms with van der Waals surface area (Å²) in [4.78, 5) is 49.9. The number of carboxylic acid groups (broad SMARTS) is 1. The molecule has 32 heavy (non-hydrogen) atoms. The fourth-order valence-electron chi connectivity index (χ4n) is 3.80. The number of likely N-dealkylation sites (tertiary alicyclic amines) is 1. The van der Waals surface area contributed by atoms with Crippen molar-refractivity contribution in [1.82, 2.24) is 10.2 Å². The molecule has 1 aliphatic heterocycles. The number of amides is 3. The van der Waals surface area contributed by atoms with Crippen LogP contribution in [0.2, 0.25) is 0 Å². The standard InChI is InChI=1S/C23H25N3O6/c1-2-32-22(30)16-9-6-10-17(13-16)25-23(31)24-14-19(27)26-12-11-18(20(26)21(28)29)15-7-4-3-5-8-15/h3-10,13,18,20H,2,11-12,14H2,1H3,(H,28,29)(H2,24,25,31). The molecule has 2 aromatic rings. The molecular formula is C23H25N3O6. The molecule has 1 aliphatic rings. The van der Waals surface area contributed by atoms with Gasteiger partial charge in [-0.05, 0) is 37.1 Å². The molecular weight excluding hydrogens is 414 g/mol. The van der Waals surface area contributed by atoms with Crippen LogP contribution in [0.3, 0.4) is 0 Å². The molecule has 1 saturated heterocycles. The van der Waals surface area contributed by atoms with E-state index in [0.717, 1.165) is 5.56 Å². The molecule has 0 spiro atoms. The topological polar surface area (TPSA) is 125 Å². The summed E-state index contributed by atoms with van der Waals surface area (Å²) in [5, 5.41) is 14.7. The zero-order valence-electron chi connectivity index (χ0n) is 17.6. The average Bonchev–Trinajstić information content (AvgIpc) is 3.24. The van der Waals surface area contributed by atoms with Crippen molar-refractivity contribution >= 4 is 29.6 Å². The van der Waals surface area contributed by atoms with Crippen molar-refractivity contribution in [3.05, 3.63) is 65.7 Å². The molecule has 2 aromatic carbocycles. The number of aliphatic carboxylic acids is 1. The second kappa shape index (κ2) is 10.4. The molecule has 168 valence electrons. The Balaban J connectivity index is 1.58. The van der Waals surface area contributed by atoms with Crippen LogP contribution in [-0.2, 0) is 14.3 Å². The van der Waals surface area contributed by atoms with Gasteiger partial charge in [-0.2, -0.15) is 0 Å². The number of carbonyl (C=O) groups excluding carboxylic acids is 3. The van der Waals surface area contributed by atoms with Crippen LogP contribution in [0.25, 0.3) is 0 Å². The van der Waals surface area contributed by atoms with Crippen LogP contribution in [-0.4, -0.2) is 59.6 Å². The summed E-state index contributed by atoms with van der Waals surface area (Å²) in [6.07, 6.45) is 0.527. The highest BCUT2D eigenvalue weighted by atomic mass is 16.5. The Labute approximate surface area is 185 Å². The van der Waals surface area contributed by atoms with Crippen LogP contribution >= 0.6 is 0 Å². The molecule has 0 aromatic heterocycles. The Morgan fingerprint density at radius 3 is 2.53 bits per heavy atom. The summed E-state index contributed by atoms with van der Waals surface area (Å²) in [7, 11) is 0. The summed E-state index contributed by atoms with van der Waals surface area (Å²) >= 11 is 0. The summed E-state index contributed by atoms with van der Waals surface area (Å²) in [6.45, 7) is 1.87. The first-order valence-electron chi connectivity index (χ1n) is 10.3. The van der Waals surface area contributed by atoms with Gasteiger partial charge in [0.05, 0.1) is 18.7 Å². The predicted octanol–water partition coefficient (Wildman–Crippen LogP) is 2.45. The third-order valence-electron chi connectivity index (χ3n) is 5.23. The molecule has 3 rings (SSSR count). The van der Waals surface area contributed by atoms with Crippen LogP contribution in [0.1, 0.15) is 35.2 Å². The number of urea groups is 1. The van der Waals surface area contributed by atoms with E-state index in [-0.39, 0.29) is 24.6 Å². The Kier molecular flexibility index (Phi) is 7.43. The minimum Gasteiger partial charge on any atom is -0.480 e. The van der Waals surface area contributed by atoms with E-state index >= 15 is 0 Å². The van der Waals surface area contributed by atoms with Gasteiger partial charge < -0.3 is 25.4 Å². The third-order valence-corrected chi connectivity index (χ3v) is 5.23. The SMILES string of the molecule is CCOC(=O)c1cccc(NC(=O)NCC(=O)N2CCC(c3ccccc3)C2C(=O)O)c1. The van der Waals surface area contributed by atoms with Gasteiger partial charge in [0.2, 0.25) is 5.91 Å². The highest BCUT2D eigenvalue weighted by molar-refractivity contribution is 5.95. The number of hydrogen-bond donors (Lipinski definition) is 3. The molecule has 0 aliphatic carbocycles. The van der Waals surface area contributed by atoms with Gasteiger partial charge in [-0.3, -0.25) is 4.79 Å². The van der Waals surface area contributed by atoms with E-state index in [9.17, 15) is 24.3 Å². The first kappa shape index (κ1) is 22.8. The van der Waals surface area contributed by atoms with E-state index in [1.54, 1.807) is 25.1 Å². The molecule has 0 bridgehead atoms. The number of nitrogens with one attached hydrogen (secondary N) is 2. The molecule has 2 unspecified atom stereocenters. The van der Waals surface area contributed by atoms with Crippen molar-refractivity contribution in [1.29, 1.82) is 0 Å². The number of ether oxygens (including phenoxy) is 1.